The molecule has 0 aliphatic carbocycles. The molecule has 1 rings (SSSR count). The summed E-state index contributed by atoms with van der Waals surface area (Å²) in [7, 11) is 1.92. The molecule has 0 saturated carbocycles. The van der Waals surface area contributed by atoms with E-state index in [1.807, 2.05) is 25.2 Å². The third kappa shape index (κ3) is 3.42. The van der Waals surface area contributed by atoms with E-state index in [9.17, 15) is 0 Å². The molecule has 0 fully saturated rings. The first-order valence-corrected chi connectivity index (χ1v) is 4.59. The molecule has 72 valence electrons. The average Bonchev–Trinajstić information content (AvgIpc) is 2.04. The molecule has 1 aromatic heterocycles. The lowest BCUT2D eigenvalue weighted by Gasteiger charge is -2.09. The molecule has 0 radical (unpaired) electrons. The summed E-state index contributed by atoms with van der Waals surface area (Å²) in [6, 6.07) is 6.45. The number of aromatic nitrogens is 1. The van der Waals surface area contributed by atoms with E-state index in [0.717, 1.165) is 18.1 Å². The van der Waals surface area contributed by atoms with Crippen molar-refractivity contribution in [3.63, 3.8) is 0 Å². The van der Waals surface area contributed by atoms with Crippen LogP contribution in [0.4, 0.5) is 5.82 Å². The minimum absolute atomic E-state index is 0.428. The Morgan fingerprint density at radius 1 is 1.38 bits per heavy atom. The van der Waals surface area contributed by atoms with E-state index < -0.39 is 0 Å². The fourth-order valence-electron chi connectivity index (χ4n) is 1.14. The molecule has 0 atom stereocenters. The lowest BCUT2D eigenvalue weighted by molar-refractivity contribution is 0.788. The van der Waals surface area contributed by atoms with Gasteiger partial charge in [0, 0.05) is 12.6 Å². The van der Waals surface area contributed by atoms with E-state index in [0.29, 0.717) is 6.04 Å². The topological polar surface area (TPSA) is 37.0 Å². The van der Waals surface area contributed by atoms with Gasteiger partial charge < -0.3 is 10.6 Å². The van der Waals surface area contributed by atoms with E-state index in [1.54, 1.807) is 0 Å². The van der Waals surface area contributed by atoms with Crippen molar-refractivity contribution in [3.05, 3.63) is 23.9 Å². The highest BCUT2D eigenvalue weighted by Crippen LogP contribution is 2.05. The lowest BCUT2D eigenvalue weighted by Crippen LogP contribution is -2.13. The van der Waals surface area contributed by atoms with E-state index in [2.05, 4.69) is 29.5 Å². The van der Waals surface area contributed by atoms with Crippen molar-refractivity contribution in [2.24, 2.45) is 0 Å². The summed E-state index contributed by atoms with van der Waals surface area (Å²) >= 11 is 0. The maximum Gasteiger partial charge on any atom is 0.126 e. The summed E-state index contributed by atoms with van der Waals surface area (Å²) in [5.74, 6) is 0.947. The lowest BCUT2D eigenvalue weighted by atomic mass is 10.3. The van der Waals surface area contributed by atoms with Gasteiger partial charge in [-0.15, -0.1) is 0 Å². The Labute approximate surface area is 79.6 Å². The Kier molecular flexibility index (Phi) is 3.71. The largest absolute Gasteiger partial charge is 0.368 e. The molecule has 0 saturated heterocycles. The zero-order valence-electron chi connectivity index (χ0n) is 8.46. The van der Waals surface area contributed by atoms with Crippen molar-refractivity contribution in [3.8, 4) is 0 Å². The number of nitrogens with zero attached hydrogens (tertiary/aromatic N) is 1. The zero-order chi connectivity index (χ0) is 9.68. The van der Waals surface area contributed by atoms with Gasteiger partial charge in [0.05, 0.1) is 5.69 Å². The molecule has 3 nitrogen and oxygen atoms in total. The van der Waals surface area contributed by atoms with E-state index in [4.69, 9.17) is 0 Å². The smallest absolute Gasteiger partial charge is 0.126 e. The molecular formula is C10H17N3. The van der Waals surface area contributed by atoms with Gasteiger partial charge in [-0.1, -0.05) is 6.07 Å². The van der Waals surface area contributed by atoms with Crippen LogP contribution in [0.3, 0.4) is 0 Å². The van der Waals surface area contributed by atoms with E-state index in [-0.39, 0.29) is 0 Å². The number of rotatable bonds is 4. The number of hydrogen-bond donors (Lipinski definition) is 2. The van der Waals surface area contributed by atoms with Crippen molar-refractivity contribution in [1.29, 1.82) is 0 Å². The molecule has 2 N–H and O–H groups in total. The number of pyridine rings is 1. The van der Waals surface area contributed by atoms with Crippen LogP contribution in [-0.2, 0) is 6.54 Å². The minimum atomic E-state index is 0.428. The normalized spacial score (nSPS) is 10.5. The third-order valence-electron chi connectivity index (χ3n) is 1.60. The quantitative estimate of drug-likeness (QED) is 0.737. The highest BCUT2D eigenvalue weighted by atomic mass is 15.0. The van der Waals surface area contributed by atoms with Gasteiger partial charge in [-0.2, -0.15) is 0 Å². The molecule has 0 aliphatic heterocycles. The molecule has 13 heavy (non-hydrogen) atoms. The minimum Gasteiger partial charge on any atom is -0.368 e. The van der Waals surface area contributed by atoms with Gasteiger partial charge in [0.1, 0.15) is 5.82 Å². The van der Waals surface area contributed by atoms with Gasteiger partial charge in [0.15, 0.2) is 0 Å². The summed E-state index contributed by atoms with van der Waals surface area (Å²) < 4.78 is 0. The van der Waals surface area contributed by atoms with Gasteiger partial charge in [-0.25, -0.2) is 4.98 Å². The summed E-state index contributed by atoms with van der Waals surface area (Å²) in [5, 5.41) is 6.34. The summed E-state index contributed by atoms with van der Waals surface area (Å²) in [6.45, 7) is 5.02. The molecular weight excluding hydrogens is 162 g/mol. The van der Waals surface area contributed by atoms with Crippen molar-refractivity contribution >= 4 is 5.82 Å². The molecule has 1 heterocycles. The average molecular weight is 179 g/mol. The molecule has 0 amide bonds. The van der Waals surface area contributed by atoms with Gasteiger partial charge in [-0.3, -0.25) is 0 Å². The Morgan fingerprint density at radius 3 is 2.77 bits per heavy atom. The maximum atomic E-state index is 4.43. The molecule has 0 spiro atoms. The van der Waals surface area contributed by atoms with Crippen LogP contribution >= 0.6 is 0 Å². The second kappa shape index (κ2) is 4.82. The predicted octanol–water partition coefficient (Wildman–Crippen LogP) is 1.62. The van der Waals surface area contributed by atoms with Crippen molar-refractivity contribution in [2.45, 2.75) is 26.4 Å². The highest BCUT2D eigenvalue weighted by molar-refractivity contribution is 5.35. The van der Waals surface area contributed by atoms with Gasteiger partial charge in [0.25, 0.3) is 0 Å². The summed E-state index contributed by atoms with van der Waals surface area (Å²) in [5.41, 5.74) is 1.06. The second-order valence-electron chi connectivity index (χ2n) is 3.34. The van der Waals surface area contributed by atoms with Crippen LogP contribution in [0.5, 0.6) is 0 Å². The first-order chi connectivity index (χ1) is 6.22. The fourth-order valence-corrected chi connectivity index (χ4v) is 1.14. The Morgan fingerprint density at radius 2 is 2.15 bits per heavy atom. The van der Waals surface area contributed by atoms with Crippen molar-refractivity contribution in [1.82, 2.24) is 10.3 Å². The van der Waals surface area contributed by atoms with Crippen molar-refractivity contribution in [2.75, 3.05) is 12.4 Å². The maximum absolute atomic E-state index is 4.43. The van der Waals surface area contributed by atoms with Crippen LogP contribution in [0.25, 0.3) is 0 Å². The fraction of sp³-hybridized carbons (Fsp3) is 0.500. The highest BCUT2D eigenvalue weighted by Gasteiger charge is 1.97. The first-order valence-electron chi connectivity index (χ1n) is 4.59. The number of nitrogens with one attached hydrogen (secondary N) is 2. The van der Waals surface area contributed by atoms with Crippen LogP contribution in [0.2, 0.25) is 0 Å². The molecule has 1 aromatic rings. The van der Waals surface area contributed by atoms with Gasteiger partial charge in [-0.05, 0) is 33.0 Å². The SMILES string of the molecule is CNCc1cccc(NC(C)C)n1. The summed E-state index contributed by atoms with van der Waals surface area (Å²) in [6.07, 6.45) is 0. The van der Waals surface area contributed by atoms with Crippen LogP contribution in [0, 0.1) is 0 Å². The molecule has 0 unspecified atom stereocenters. The molecule has 0 bridgehead atoms. The van der Waals surface area contributed by atoms with Crippen LogP contribution in [-0.4, -0.2) is 18.1 Å². The van der Waals surface area contributed by atoms with Gasteiger partial charge in [0.2, 0.25) is 0 Å². The molecule has 0 aliphatic rings. The standard InChI is InChI=1S/C10H17N3/c1-8(2)12-10-6-4-5-9(13-10)7-11-3/h4-6,8,11H,7H2,1-3H3,(H,12,13). The van der Waals surface area contributed by atoms with Crippen LogP contribution in [0.15, 0.2) is 18.2 Å². The number of hydrogen-bond acceptors (Lipinski definition) is 3. The monoisotopic (exact) mass is 179 g/mol. The molecule has 3 heteroatoms. The first kappa shape index (κ1) is 9.99. The van der Waals surface area contributed by atoms with Crippen LogP contribution in [0.1, 0.15) is 19.5 Å². The Hall–Kier alpha value is -1.09. The predicted molar refractivity (Wildman–Crippen MR) is 55.8 cm³/mol. The zero-order valence-corrected chi connectivity index (χ0v) is 8.46. The Bertz CT molecular complexity index is 258. The van der Waals surface area contributed by atoms with E-state index in [1.165, 1.54) is 0 Å². The third-order valence-corrected chi connectivity index (χ3v) is 1.60. The Balaban J connectivity index is 2.67. The van der Waals surface area contributed by atoms with E-state index >= 15 is 0 Å². The van der Waals surface area contributed by atoms with Crippen molar-refractivity contribution < 1.29 is 0 Å². The van der Waals surface area contributed by atoms with Gasteiger partial charge >= 0.3 is 0 Å². The molecule has 0 aromatic carbocycles. The number of anilines is 1. The second-order valence-corrected chi connectivity index (χ2v) is 3.34. The summed E-state index contributed by atoms with van der Waals surface area (Å²) in [4.78, 5) is 4.43. The van der Waals surface area contributed by atoms with Crippen LogP contribution < -0.4 is 10.6 Å².